The molecular weight excluding hydrogens is 277 g/mol. The Labute approximate surface area is 111 Å². The van der Waals surface area contributed by atoms with Crippen molar-refractivity contribution in [2.24, 2.45) is 5.10 Å². The standard InChI is InChI=1S/C11H9F3N4S/c1-19-11-17-16-10(9(13)14)18(11)15-6-7-2-4-8(12)5-3-7/h2-6,9H,1H3. The van der Waals surface area contributed by atoms with E-state index in [4.69, 9.17) is 0 Å². The topological polar surface area (TPSA) is 43.1 Å². The lowest BCUT2D eigenvalue weighted by atomic mass is 10.2. The number of aromatic nitrogens is 3. The number of halogens is 3. The third-order valence-corrected chi connectivity index (χ3v) is 2.83. The van der Waals surface area contributed by atoms with Gasteiger partial charge < -0.3 is 0 Å². The Morgan fingerprint density at radius 1 is 1.26 bits per heavy atom. The van der Waals surface area contributed by atoms with E-state index in [2.05, 4.69) is 15.3 Å². The Bertz CT molecular complexity index is 580. The number of rotatable bonds is 4. The highest BCUT2D eigenvalue weighted by atomic mass is 32.2. The van der Waals surface area contributed by atoms with E-state index in [-0.39, 0.29) is 11.0 Å². The second kappa shape index (κ2) is 5.87. The molecule has 0 aliphatic carbocycles. The molecule has 0 atom stereocenters. The van der Waals surface area contributed by atoms with Gasteiger partial charge in [0.15, 0.2) is 0 Å². The molecule has 0 amide bonds. The molecule has 0 saturated carbocycles. The van der Waals surface area contributed by atoms with Crippen LogP contribution in [0.1, 0.15) is 17.8 Å². The zero-order chi connectivity index (χ0) is 13.8. The van der Waals surface area contributed by atoms with E-state index < -0.39 is 12.2 Å². The van der Waals surface area contributed by atoms with Crippen molar-refractivity contribution in [2.45, 2.75) is 11.6 Å². The number of thioether (sulfide) groups is 1. The summed E-state index contributed by atoms with van der Waals surface area (Å²) in [6.07, 6.45) is 0.260. The first-order valence-electron chi connectivity index (χ1n) is 5.19. The fourth-order valence-electron chi connectivity index (χ4n) is 1.32. The SMILES string of the molecule is CSc1nnc(C(F)F)n1N=Cc1ccc(F)cc1. The summed E-state index contributed by atoms with van der Waals surface area (Å²) in [5.74, 6) is -0.901. The van der Waals surface area contributed by atoms with Crippen LogP contribution in [0.3, 0.4) is 0 Å². The molecule has 0 spiro atoms. The van der Waals surface area contributed by atoms with Crippen LogP contribution >= 0.6 is 11.8 Å². The van der Waals surface area contributed by atoms with Gasteiger partial charge in [-0.05, 0) is 24.0 Å². The van der Waals surface area contributed by atoms with Crippen molar-refractivity contribution in [3.63, 3.8) is 0 Å². The van der Waals surface area contributed by atoms with Gasteiger partial charge in [-0.2, -0.15) is 9.78 Å². The smallest absolute Gasteiger partial charge is 0.207 e. The summed E-state index contributed by atoms with van der Waals surface area (Å²) in [4.78, 5) is 0. The summed E-state index contributed by atoms with van der Waals surface area (Å²) in [7, 11) is 0. The Morgan fingerprint density at radius 2 is 1.95 bits per heavy atom. The first kappa shape index (κ1) is 13.6. The second-order valence-corrected chi connectivity index (χ2v) is 4.23. The molecule has 1 aromatic carbocycles. The molecule has 0 radical (unpaired) electrons. The highest BCUT2D eigenvalue weighted by Crippen LogP contribution is 2.21. The number of hydrogen-bond acceptors (Lipinski definition) is 4. The maximum atomic E-state index is 12.7. The Hall–Kier alpha value is -1.83. The zero-order valence-electron chi connectivity index (χ0n) is 9.80. The molecule has 0 bridgehead atoms. The van der Waals surface area contributed by atoms with Crippen molar-refractivity contribution < 1.29 is 13.2 Å². The Morgan fingerprint density at radius 3 is 2.53 bits per heavy atom. The van der Waals surface area contributed by atoms with E-state index in [9.17, 15) is 13.2 Å². The van der Waals surface area contributed by atoms with E-state index in [0.717, 1.165) is 16.4 Å². The molecule has 1 heterocycles. The molecule has 0 aliphatic rings. The van der Waals surface area contributed by atoms with Crippen molar-refractivity contribution in [3.8, 4) is 0 Å². The number of benzene rings is 1. The lowest BCUT2D eigenvalue weighted by Crippen LogP contribution is -2.00. The minimum Gasteiger partial charge on any atom is -0.207 e. The van der Waals surface area contributed by atoms with E-state index in [1.807, 2.05) is 0 Å². The number of alkyl halides is 2. The fraction of sp³-hybridized carbons (Fsp3) is 0.182. The van der Waals surface area contributed by atoms with E-state index in [1.54, 1.807) is 6.26 Å². The number of hydrogen-bond donors (Lipinski definition) is 0. The van der Waals surface area contributed by atoms with Gasteiger partial charge in [0.05, 0.1) is 6.21 Å². The van der Waals surface area contributed by atoms with Gasteiger partial charge in [0, 0.05) is 0 Å². The lowest BCUT2D eigenvalue weighted by Gasteiger charge is -2.01. The van der Waals surface area contributed by atoms with E-state index in [0.29, 0.717) is 5.56 Å². The van der Waals surface area contributed by atoms with Crippen LogP contribution in [0, 0.1) is 5.82 Å². The molecule has 2 aromatic rings. The normalized spacial score (nSPS) is 11.6. The summed E-state index contributed by atoms with van der Waals surface area (Å²) in [5, 5.41) is 11.1. The van der Waals surface area contributed by atoms with Crippen molar-refractivity contribution in [1.82, 2.24) is 14.9 Å². The third kappa shape index (κ3) is 3.14. The average molecular weight is 286 g/mol. The van der Waals surface area contributed by atoms with Crippen LogP contribution in [0.25, 0.3) is 0 Å². The highest BCUT2D eigenvalue weighted by Gasteiger charge is 2.19. The second-order valence-electron chi connectivity index (χ2n) is 3.45. The van der Waals surface area contributed by atoms with E-state index >= 15 is 0 Å². The van der Waals surface area contributed by atoms with Gasteiger partial charge in [-0.1, -0.05) is 23.9 Å². The van der Waals surface area contributed by atoms with Crippen molar-refractivity contribution >= 4 is 18.0 Å². The monoisotopic (exact) mass is 286 g/mol. The molecule has 4 nitrogen and oxygen atoms in total. The zero-order valence-corrected chi connectivity index (χ0v) is 10.6. The molecule has 0 fully saturated rings. The predicted octanol–water partition coefficient (Wildman–Crippen LogP) is 2.96. The summed E-state index contributed by atoms with van der Waals surface area (Å²) in [5.41, 5.74) is 0.586. The van der Waals surface area contributed by atoms with Crippen LogP contribution in [-0.4, -0.2) is 27.3 Å². The molecule has 0 N–H and O–H groups in total. The Balaban J connectivity index is 2.31. The highest BCUT2D eigenvalue weighted by molar-refractivity contribution is 7.98. The van der Waals surface area contributed by atoms with Crippen LogP contribution in [0.2, 0.25) is 0 Å². The van der Waals surface area contributed by atoms with Crippen LogP contribution in [-0.2, 0) is 0 Å². The molecule has 0 unspecified atom stereocenters. The molecule has 19 heavy (non-hydrogen) atoms. The average Bonchev–Trinajstić information content (AvgIpc) is 2.81. The molecule has 1 aromatic heterocycles. The van der Waals surface area contributed by atoms with Gasteiger partial charge in [-0.25, -0.2) is 13.2 Å². The van der Waals surface area contributed by atoms with Crippen LogP contribution < -0.4 is 0 Å². The first-order chi connectivity index (χ1) is 9.11. The maximum Gasteiger partial charge on any atom is 0.299 e. The van der Waals surface area contributed by atoms with Gasteiger partial charge in [0.2, 0.25) is 11.0 Å². The maximum absolute atomic E-state index is 12.7. The molecule has 8 heteroatoms. The fourth-order valence-corrected chi connectivity index (χ4v) is 1.76. The van der Waals surface area contributed by atoms with Gasteiger partial charge in [-0.3, -0.25) is 0 Å². The summed E-state index contributed by atoms with van der Waals surface area (Å²) >= 11 is 1.15. The molecule has 0 saturated heterocycles. The van der Waals surface area contributed by atoms with Gasteiger partial charge >= 0.3 is 0 Å². The van der Waals surface area contributed by atoms with Crippen molar-refractivity contribution in [2.75, 3.05) is 6.26 Å². The summed E-state index contributed by atoms with van der Waals surface area (Å²) in [6, 6.07) is 5.50. The lowest BCUT2D eigenvalue weighted by molar-refractivity contribution is 0.135. The minimum atomic E-state index is -2.77. The van der Waals surface area contributed by atoms with Gasteiger partial charge in [0.25, 0.3) is 6.43 Å². The summed E-state index contributed by atoms with van der Waals surface area (Å²) in [6.45, 7) is 0. The molecular formula is C11H9F3N4S. The van der Waals surface area contributed by atoms with Crippen LogP contribution in [0.15, 0.2) is 34.5 Å². The minimum absolute atomic E-state index is 0.258. The number of nitrogens with zero attached hydrogens (tertiary/aromatic N) is 4. The van der Waals surface area contributed by atoms with Crippen LogP contribution in [0.4, 0.5) is 13.2 Å². The molecule has 100 valence electrons. The molecule has 0 aliphatic heterocycles. The largest absolute Gasteiger partial charge is 0.299 e. The van der Waals surface area contributed by atoms with Crippen LogP contribution in [0.5, 0.6) is 0 Å². The molecule has 2 rings (SSSR count). The van der Waals surface area contributed by atoms with E-state index in [1.165, 1.54) is 30.5 Å². The van der Waals surface area contributed by atoms with Crippen molar-refractivity contribution in [1.29, 1.82) is 0 Å². The Kier molecular flexibility index (Phi) is 4.20. The van der Waals surface area contributed by atoms with Crippen molar-refractivity contribution in [3.05, 3.63) is 41.5 Å². The van der Waals surface area contributed by atoms with Gasteiger partial charge in [0.1, 0.15) is 5.82 Å². The quantitative estimate of drug-likeness (QED) is 0.641. The first-order valence-corrected chi connectivity index (χ1v) is 6.41. The van der Waals surface area contributed by atoms with Gasteiger partial charge in [-0.15, -0.1) is 10.2 Å². The third-order valence-electron chi connectivity index (χ3n) is 2.21. The summed E-state index contributed by atoms with van der Waals surface area (Å²) < 4.78 is 39.1. The predicted molar refractivity (Wildman–Crippen MR) is 66.2 cm³/mol.